The number of likely N-dealkylation sites (tertiary alicyclic amines) is 1. The van der Waals surface area contributed by atoms with E-state index in [-0.39, 0.29) is 23.7 Å². The van der Waals surface area contributed by atoms with E-state index in [1.807, 2.05) is 97.1 Å². The van der Waals surface area contributed by atoms with E-state index < -0.39 is 42.7 Å². The van der Waals surface area contributed by atoms with Gasteiger partial charge in [0.25, 0.3) is 5.91 Å². The van der Waals surface area contributed by atoms with Gasteiger partial charge >= 0.3 is 0 Å². The molecule has 1 amide bonds. The zero-order valence-corrected chi connectivity index (χ0v) is 37.3. The number of aliphatic hydroxyl groups is 2. The monoisotopic (exact) mass is 854 g/mol. The van der Waals surface area contributed by atoms with Crippen LogP contribution < -0.4 is 0 Å². The van der Waals surface area contributed by atoms with Gasteiger partial charge in [0.2, 0.25) is 0 Å². The molecule has 0 saturated carbocycles. The summed E-state index contributed by atoms with van der Waals surface area (Å²) in [5.74, 6) is -0.893. The molecule has 0 aromatic heterocycles. The average molecular weight is 854 g/mol. The minimum absolute atomic E-state index is 0.0825. The van der Waals surface area contributed by atoms with Gasteiger partial charge in [-0.05, 0) is 55.4 Å². The number of Topliss-reactive ketones (excluding diaryl/α,β-unsaturated/α-hetero) is 1. The number of hydrogen-bond donors (Lipinski definition) is 2. The van der Waals surface area contributed by atoms with E-state index >= 15 is 0 Å². The molecular formula is C52H71NO9. The third kappa shape index (κ3) is 15.6. The topological polar surface area (TPSA) is 124 Å². The SMILES string of the molecule is CC(=C\CCCCCCCCCCCCCCCO[C@@H]1O[C@H](COCc2ccccc2)[C@@H](OCc2ccccc2)[C@H](OCc2ccccc2)[C@@H]1O)/C(O)=C1/C(=O)[C@H](C)N(C)C1=O. The van der Waals surface area contributed by atoms with Crippen LogP contribution in [0.4, 0.5) is 0 Å². The number of carbonyl (C=O) groups excluding carboxylic acids is 2. The fourth-order valence-corrected chi connectivity index (χ4v) is 8.02. The molecule has 5 rings (SSSR count). The highest BCUT2D eigenvalue weighted by Crippen LogP contribution is 2.30. The summed E-state index contributed by atoms with van der Waals surface area (Å²) >= 11 is 0. The van der Waals surface area contributed by atoms with Gasteiger partial charge in [-0.15, -0.1) is 0 Å². The highest BCUT2D eigenvalue weighted by atomic mass is 16.7. The predicted octanol–water partition coefficient (Wildman–Crippen LogP) is 10.1. The van der Waals surface area contributed by atoms with Gasteiger partial charge in [0.15, 0.2) is 12.1 Å². The molecule has 62 heavy (non-hydrogen) atoms. The second kappa shape index (κ2) is 27.1. The number of likely N-dealkylation sites (N-methyl/N-ethyl adjacent to an activating group) is 1. The Bertz CT molecular complexity index is 1780. The van der Waals surface area contributed by atoms with Gasteiger partial charge in [-0.1, -0.05) is 168 Å². The summed E-state index contributed by atoms with van der Waals surface area (Å²) in [7, 11) is 1.59. The van der Waals surface area contributed by atoms with Crippen molar-refractivity contribution in [2.45, 2.75) is 160 Å². The van der Waals surface area contributed by atoms with Crippen molar-refractivity contribution in [1.29, 1.82) is 0 Å². The van der Waals surface area contributed by atoms with Gasteiger partial charge in [-0.2, -0.15) is 0 Å². The maximum absolute atomic E-state index is 12.4. The molecule has 3 aromatic carbocycles. The van der Waals surface area contributed by atoms with Crippen LogP contribution in [-0.4, -0.2) is 83.8 Å². The lowest BCUT2D eigenvalue weighted by Gasteiger charge is -2.44. The molecule has 2 fully saturated rings. The number of ether oxygens (including phenoxy) is 5. The number of ketones is 1. The number of hydrogen-bond acceptors (Lipinski definition) is 9. The molecule has 0 unspecified atom stereocenters. The first-order valence-electron chi connectivity index (χ1n) is 23.0. The summed E-state index contributed by atoms with van der Waals surface area (Å²) < 4.78 is 31.8. The lowest BCUT2D eigenvalue weighted by Crippen LogP contribution is -2.61. The summed E-state index contributed by atoms with van der Waals surface area (Å²) in [5, 5.41) is 22.2. The van der Waals surface area contributed by atoms with Crippen LogP contribution in [0, 0.1) is 0 Å². The molecule has 6 atom stereocenters. The Morgan fingerprint density at radius 3 is 1.63 bits per heavy atom. The number of rotatable bonds is 28. The molecule has 10 heteroatoms. The molecule has 0 spiro atoms. The lowest BCUT2D eigenvalue weighted by molar-refractivity contribution is -0.319. The largest absolute Gasteiger partial charge is 0.507 e. The van der Waals surface area contributed by atoms with Crippen LogP contribution in [0.1, 0.15) is 120 Å². The van der Waals surface area contributed by atoms with E-state index in [1.165, 1.54) is 56.3 Å². The third-order valence-electron chi connectivity index (χ3n) is 12.0. The maximum atomic E-state index is 12.4. The van der Waals surface area contributed by atoms with Crippen molar-refractivity contribution in [2.75, 3.05) is 20.3 Å². The first-order chi connectivity index (χ1) is 30.2. The molecule has 2 aliphatic heterocycles. The van der Waals surface area contributed by atoms with Crippen molar-refractivity contribution >= 4 is 11.7 Å². The Morgan fingerprint density at radius 2 is 1.13 bits per heavy atom. The van der Waals surface area contributed by atoms with E-state index in [9.17, 15) is 19.8 Å². The summed E-state index contributed by atoms with van der Waals surface area (Å²) in [6.07, 6.45) is 14.2. The minimum atomic E-state index is -1.05. The highest BCUT2D eigenvalue weighted by Gasteiger charge is 2.47. The number of nitrogens with zero attached hydrogens (tertiary/aromatic N) is 1. The first-order valence-corrected chi connectivity index (χ1v) is 23.0. The third-order valence-corrected chi connectivity index (χ3v) is 12.0. The molecule has 3 aromatic rings. The van der Waals surface area contributed by atoms with Crippen LogP contribution in [0.5, 0.6) is 0 Å². The van der Waals surface area contributed by atoms with Gasteiger partial charge in [0, 0.05) is 13.7 Å². The normalized spacial score (nSPS) is 22.7. The van der Waals surface area contributed by atoms with Gasteiger partial charge < -0.3 is 38.8 Å². The van der Waals surface area contributed by atoms with Crippen LogP contribution in [0.2, 0.25) is 0 Å². The summed E-state index contributed by atoms with van der Waals surface area (Å²) in [6.45, 7) is 5.27. The van der Waals surface area contributed by atoms with Crippen molar-refractivity contribution in [3.63, 3.8) is 0 Å². The molecule has 338 valence electrons. The lowest BCUT2D eigenvalue weighted by atomic mass is 9.98. The maximum Gasteiger partial charge on any atom is 0.261 e. The quantitative estimate of drug-likeness (QED) is 0.0318. The van der Waals surface area contributed by atoms with E-state index in [1.54, 1.807) is 20.9 Å². The molecule has 2 N–H and O–H groups in total. The Kier molecular flexibility index (Phi) is 21.4. The summed E-state index contributed by atoms with van der Waals surface area (Å²) in [4.78, 5) is 26.1. The van der Waals surface area contributed by atoms with E-state index in [0.29, 0.717) is 32.0 Å². The molecule has 2 saturated heterocycles. The van der Waals surface area contributed by atoms with Crippen molar-refractivity contribution < 1.29 is 43.5 Å². The molecule has 0 bridgehead atoms. The highest BCUT2D eigenvalue weighted by molar-refractivity contribution is 6.26. The van der Waals surface area contributed by atoms with Gasteiger partial charge in [0.05, 0.1) is 32.5 Å². The van der Waals surface area contributed by atoms with Gasteiger partial charge in [0.1, 0.15) is 35.7 Å². The fraction of sp³-hybridized carbons (Fsp3) is 0.538. The molecule has 2 heterocycles. The number of benzene rings is 3. The molecule has 0 aliphatic carbocycles. The standard InChI is InChI=1S/C52H71NO9/c1-39(46(54)45-47(55)40(2)53(3)51(45)57)27-19-14-12-10-8-6-4-5-7-9-11-13-15-26-34-59-52-48(56)50(61-37-43-32-24-18-25-33-43)49(60-36-42-30-22-17-23-31-42)44(62-52)38-58-35-41-28-20-16-21-29-41/h16-18,20-25,27-33,40,44,48-50,52,54,56H,4-15,19,26,34-38H2,1-3H3/b39-27+,46-45+/t40-,44+,48-,49+,50+,52+/m0/s1. The zero-order chi connectivity index (χ0) is 43.9. The smallest absolute Gasteiger partial charge is 0.261 e. The van der Waals surface area contributed by atoms with E-state index in [4.69, 9.17) is 23.7 Å². The van der Waals surface area contributed by atoms with E-state index in [2.05, 4.69) is 0 Å². The van der Waals surface area contributed by atoms with Crippen LogP contribution in [0.15, 0.2) is 114 Å². The summed E-state index contributed by atoms with van der Waals surface area (Å²) in [6, 6.07) is 29.4. The minimum Gasteiger partial charge on any atom is -0.507 e. The molecule has 10 nitrogen and oxygen atoms in total. The Hall–Kier alpha value is -4.16. The Morgan fingerprint density at radius 1 is 0.661 bits per heavy atom. The van der Waals surface area contributed by atoms with Crippen LogP contribution in [0.25, 0.3) is 0 Å². The van der Waals surface area contributed by atoms with Crippen molar-refractivity contribution in [3.05, 3.63) is 131 Å². The second-order valence-electron chi connectivity index (χ2n) is 16.9. The first kappa shape index (κ1) is 48.9. The second-order valence-corrected chi connectivity index (χ2v) is 16.9. The van der Waals surface area contributed by atoms with Crippen LogP contribution in [0.3, 0.4) is 0 Å². The fourth-order valence-electron chi connectivity index (χ4n) is 8.02. The Labute approximate surface area is 370 Å². The summed E-state index contributed by atoms with van der Waals surface area (Å²) in [5.41, 5.74) is 3.61. The Balaban J connectivity index is 0.967. The number of amides is 1. The number of unbranched alkanes of at least 4 members (excludes halogenated alkanes) is 13. The van der Waals surface area contributed by atoms with E-state index in [0.717, 1.165) is 55.2 Å². The van der Waals surface area contributed by atoms with Crippen LogP contribution in [-0.2, 0) is 53.1 Å². The van der Waals surface area contributed by atoms with Crippen molar-refractivity contribution in [2.24, 2.45) is 0 Å². The number of allylic oxidation sites excluding steroid dienone is 2. The average Bonchev–Trinajstić information content (AvgIpc) is 3.48. The zero-order valence-electron chi connectivity index (χ0n) is 37.3. The predicted molar refractivity (Wildman–Crippen MR) is 242 cm³/mol. The van der Waals surface area contributed by atoms with Gasteiger partial charge in [-0.3, -0.25) is 9.59 Å². The number of carbonyl (C=O) groups is 2. The van der Waals surface area contributed by atoms with Crippen molar-refractivity contribution in [1.82, 2.24) is 4.90 Å². The van der Waals surface area contributed by atoms with Crippen molar-refractivity contribution in [3.8, 4) is 0 Å². The molecular weight excluding hydrogens is 783 g/mol. The van der Waals surface area contributed by atoms with Crippen LogP contribution >= 0.6 is 0 Å². The molecule has 2 aliphatic rings. The number of aliphatic hydroxyl groups excluding tert-OH is 2. The van der Waals surface area contributed by atoms with Gasteiger partial charge in [-0.25, -0.2) is 0 Å². The molecule has 0 radical (unpaired) electrons.